The van der Waals surface area contributed by atoms with Crippen LogP contribution in [0.15, 0.2) is 146 Å². The number of nitrogens with zero attached hydrogens (tertiary/aromatic N) is 8. The predicted octanol–water partition coefficient (Wildman–Crippen LogP) is 7.61. The molecule has 0 saturated heterocycles. The molecule has 0 atom stereocenters. The molecule has 48 heavy (non-hydrogen) atoms. The third kappa shape index (κ3) is 4.89. The van der Waals surface area contributed by atoms with E-state index in [1.165, 1.54) is 5.56 Å². The van der Waals surface area contributed by atoms with Crippen molar-refractivity contribution >= 4 is 5.65 Å². The quantitative estimate of drug-likeness (QED) is 0.154. The summed E-state index contributed by atoms with van der Waals surface area (Å²) in [5.41, 5.74) is 8.61. The van der Waals surface area contributed by atoms with Crippen LogP contribution in [-0.4, -0.2) is 39.6 Å². The monoisotopic (exact) mass is 626 g/mol. The molecule has 0 bridgehead atoms. The van der Waals surface area contributed by atoms with Gasteiger partial charge in [-0.2, -0.15) is 4.63 Å². The summed E-state index contributed by atoms with van der Waals surface area (Å²) in [6.45, 7) is 4.84. The first-order valence-electron chi connectivity index (χ1n) is 16.2. The average Bonchev–Trinajstić information content (AvgIpc) is 3.88. The second-order valence-corrected chi connectivity index (χ2v) is 12.0. The summed E-state index contributed by atoms with van der Waals surface area (Å²) in [6.07, 6.45) is 2.91. The third-order valence-electron chi connectivity index (χ3n) is 9.03. The molecular formula is C40H34N8. The van der Waals surface area contributed by atoms with Gasteiger partial charge in [0.05, 0.1) is 6.54 Å². The molecule has 0 aliphatic carbocycles. The van der Waals surface area contributed by atoms with Crippen molar-refractivity contribution in [1.82, 2.24) is 39.6 Å². The van der Waals surface area contributed by atoms with Crippen molar-refractivity contribution in [2.75, 3.05) is 0 Å². The lowest BCUT2D eigenvalue weighted by molar-refractivity contribution is 0.451. The Morgan fingerprint density at radius 1 is 0.646 bits per heavy atom. The first-order valence-corrected chi connectivity index (χ1v) is 16.2. The molecule has 0 saturated carbocycles. The number of tetrazole rings is 1. The maximum atomic E-state index is 4.76. The van der Waals surface area contributed by atoms with Crippen LogP contribution in [0.1, 0.15) is 40.6 Å². The molecule has 0 amide bonds. The number of rotatable bonds is 9. The lowest BCUT2D eigenvalue weighted by Gasteiger charge is -2.36. The van der Waals surface area contributed by atoms with Crippen LogP contribution in [0.2, 0.25) is 0 Å². The molecule has 234 valence electrons. The van der Waals surface area contributed by atoms with Gasteiger partial charge in [-0.15, -0.1) is 10.2 Å². The number of aryl methyl sites for hydroxylation is 2. The van der Waals surface area contributed by atoms with E-state index in [1.54, 1.807) is 0 Å². The molecule has 0 fully saturated rings. The van der Waals surface area contributed by atoms with Gasteiger partial charge >= 0.3 is 0 Å². The van der Waals surface area contributed by atoms with E-state index in [-0.39, 0.29) is 0 Å². The van der Waals surface area contributed by atoms with Gasteiger partial charge in [0, 0.05) is 23.7 Å². The fourth-order valence-corrected chi connectivity index (χ4v) is 6.76. The lowest BCUT2D eigenvalue weighted by Crippen LogP contribution is -2.39. The van der Waals surface area contributed by atoms with Gasteiger partial charge in [0.1, 0.15) is 5.54 Å². The van der Waals surface area contributed by atoms with Crippen LogP contribution in [0.3, 0.4) is 0 Å². The van der Waals surface area contributed by atoms with Crippen LogP contribution >= 0.6 is 0 Å². The molecule has 3 aromatic heterocycles. The minimum Gasteiger partial charge on any atom is -0.266 e. The zero-order valence-electron chi connectivity index (χ0n) is 26.8. The highest BCUT2D eigenvalue weighted by Gasteiger charge is 2.42. The standard InChI is InChI=1S/C40H34N8/c1-3-37-41-38-29(2)27-46(48(38)43-37)28-30-23-25-31(26-24-30)35-21-13-14-22-36(35)39-42-44-45-47(39)40(32-15-7-4-8-16-32,33-17-9-5-10-18-33)34-19-11-6-12-20-34/h4-27H,3,28H2,1-2H3. The van der Waals surface area contributed by atoms with E-state index in [9.17, 15) is 0 Å². The van der Waals surface area contributed by atoms with Gasteiger partial charge in [-0.3, -0.25) is 4.68 Å². The van der Waals surface area contributed by atoms with Crippen molar-refractivity contribution in [2.24, 2.45) is 0 Å². The van der Waals surface area contributed by atoms with E-state index in [4.69, 9.17) is 15.4 Å². The van der Waals surface area contributed by atoms with Gasteiger partial charge in [-0.1, -0.05) is 146 Å². The molecule has 0 radical (unpaired) electrons. The Morgan fingerprint density at radius 2 is 1.21 bits per heavy atom. The molecule has 5 aromatic carbocycles. The van der Waals surface area contributed by atoms with Crippen LogP contribution in [-0.2, 0) is 18.5 Å². The number of hydrogen-bond donors (Lipinski definition) is 0. The Balaban J connectivity index is 1.24. The Morgan fingerprint density at radius 3 is 1.79 bits per heavy atom. The summed E-state index contributed by atoms with van der Waals surface area (Å²) < 4.78 is 6.02. The van der Waals surface area contributed by atoms with Crippen molar-refractivity contribution in [3.8, 4) is 22.5 Å². The van der Waals surface area contributed by atoms with Crippen LogP contribution in [0.25, 0.3) is 28.2 Å². The van der Waals surface area contributed by atoms with Crippen molar-refractivity contribution in [3.05, 3.63) is 179 Å². The molecule has 8 aromatic rings. The highest BCUT2D eigenvalue weighted by Crippen LogP contribution is 2.43. The van der Waals surface area contributed by atoms with Gasteiger partial charge in [-0.25, -0.2) is 9.67 Å². The van der Waals surface area contributed by atoms with E-state index >= 15 is 0 Å². The fourth-order valence-electron chi connectivity index (χ4n) is 6.76. The summed E-state index contributed by atoms with van der Waals surface area (Å²) in [4.78, 5) is 4.68. The Bertz CT molecular complexity index is 2200. The lowest BCUT2D eigenvalue weighted by atomic mass is 9.77. The van der Waals surface area contributed by atoms with Gasteiger partial charge in [0.2, 0.25) is 0 Å². The highest BCUT2D eigenvalue weighted by atomic mass is 15.6. The molecule has 0 aliphatic rings. The largest absolute Gasteiger partial charge is 0.266 e. The zero-order valence-corrected chi connectivity index (χ0v) is 26.8. The van der Waals surface area contributed by atoms with E-state index in [2.05, 4.69) is 150 Å². The number of aromatic nitrogens is 8. The molecule has 3 heterocycles. The Labute approximate surface area is 278 Å². The second-order valence-electron chi connectivity index (χ2n) is 12.0. The van der Waals surface area contributed by atoms with Crippen molar-refractivity contribution in [1.29, 1.82) is 0 Å². The topological polar surface area (TPSA) is 78.7 Å². The van der Waals surface area contributed by atoms with Crippen LogP contribution in [0.4, 0.5) is 0 Å². The van der Waals surface area contributed by atoms with E-state index < -0.39 is 5.54 Å². The molecule has 8 heteroatoms. The van der Waals surface area contributed by atoms with Crippen LogP contribution in [0.5, 0.6) is 0 Å². The molecule has 0 unspecified atom stereocenters. The Hall–Kier alpha value is -6.15. The molecule has 8 rings (SSSR count). The second kappa shape index (κ2) is 12.2. The first-order chi connectivity index (χ1) is 23.7. The maximum Gasteiger partial charge on any atom is 0.184 e. The van der Waals surface area contributed by atoms with E-state index in [0.717, 1.165) is 56.8 Å². The summed E-state index contributed by atoms with van der Waals surface area (Å²) >= 11 is 0. The molecule has 8 nitrogen and oxygen atoms in total. The normalized spacial score (nSPS) is 11.7. The minimum atomic E-state index is -0.835. The van der Waals surface area contributed by atoms with E-state index in [1.807, 2.05) is 33.6 Å². The minimum absolute atomic E-state index is 0.675. The van der Waals surface area contributed by atoms with Crippen molar-refractivity contribution in [2.45, 2.75) is 32.4 Å². The molecular weight excluding hydrogens is 592 g/mol. The number of fused-ring (bicyclic) bond motifs is 1. The fraction of sp³-hybridized carbons (Fsp3) is 0.125. The van der Waals surface area contributed by atoms with Crippen LogP contribution < -0.4 is 0 Å². The highest BCUT2D eigenvalue weighted by molar-refractivity contribution is 5.81. The Kier molecular flexibility index (Phi) is 7.45. The third-order valence-corrected chi connectivity index (χ3v) is 9.03. The molecule has 0 aliphatic heterocycles. The average molecular weight is 627 g/mol. The molecule has 0 spiro atoms. The predicted molar refractivity (Wildman–Crippen MR) is 187 cm³/mol. The van der Waals surface area contributed by atoms with Gasteiger partial charge in [0.25, 0.3) is 0 Å². The first kappa shape index (κ1) is 29.3. The number of hydrogen-bond acceptors (Lipinski definition) is 5. The van der Waals surface area contributed by atoms with Crippen molar-refractivity contribution < 1.29 is 0 Å². The van der Waals surface area contributed by atoms with Gasteiger partial charge in [-0.05, 0) is 50.7 Å². The van der Waals surface area contributed by atoms with Gasteiger partial charge < -0.3 is 0 Å². The summed E-state index contributed by atoms with van der Waals surface area (Å²) in [5, 5.41) is 18.5. The summed E-state index contributed by atoms with van der Waals surface area (Å²) in [6, 6.07) is 48.5. The van der Waals surface area contributed by atoms with Gasteiger partial charge in [0.15, 0.2) is 17.3 Å². The summed E-state index contributed by atoms with van der Waals surface area (Å²) in [7, 11) is 0. The zero-order chi connectivity index (χ0) is 32.5. The van der Waals surface area contributed by atoms with Crippen molar-refractivity contribution in [3.63, 3.8) is 0 Å². The number of benzene rings is 5. The smallest absolute Gasteiger partial charge is 0.184 e. The van der Waals surface area contributed by atoms with Crippen LogP contribution in [0, 0.1) is 6.92 Å². The SMILES string of the molecule is CCc1nc2c(C)cn(Cc3ccc(-c4ccccc4-c4nnnn4C(c4ccccc4)(c4ccccc4)c4ccccc4)cc3)n2n1. The molecule has 0 N–H and O–H groups in total. The maximum absolute atomic E-state index is 4.76. The summed E-state index contributed by atoms with van der Waals surface area (Å²) in [5.74, 6) is 1.53. The van der Waals surface area contributed by atoms with E-state index in [0.29, 0.717) is 12.4 Å².